The SMILES string of the molecule is CCC(C)(C)C1CCc2c(sc(NC(=O)CSc3nnc(N)s3)c2C#N)C1. The Morgan fingerprint density at radius 3 is 2.85 bits per heavy atom. The fourth-order valence-electron chi connectivity index (χ4n) is 3.32. The van der Waals surface area contributed by atoms with Gasteiger partial charge >= 0.3 is 0 Å². The molecule has 144 valence electrons. The zero-order valence-electron chi connectivity index (χ0n) is 15.7. The van der Waals surface area contributed by atoms with Crippen molar-refractivity contribution in [1.82, 2.24) is 10.2 Å². The topological polar surface area (TPSA) is 105 Å². The molecule has 0 spiro atoms. The van der Waals surface area contributed by atoms with Gasteiger partial charge in [-0.05, 0) is 36.2 Å². The molecule has 27 heavy (non-hydrogen) atoms. The second-order valence-electron chi connectivity index (χ2n) is 7.34. The molecule has 6 nitrogen and oxygen atoms in total. The first kappa shape index (κ1) is 20.1. The minimum Gasteiger partial charge on any atom is -0.374 e. The van der Waals surface area contributed by atoms with Crippen molar-refractivity contribution < 1.29 is 4.79 Å². The summed E-state index contributed by atoms with van der Waals surface area (Å²) in [6.45, 7) is 6.88. The zero-order valence-corrected chi connectivity index (χ0v) is 18.1. The Bertz CT molecular complexity index is 880. The van der Waals surface area contributed by atoms with Crippen LogP contribution in [0.4, 0.5) is 10.1 Å². The van der Waals surface area contributed by atoms with E-state index in [1.165, 1.54) is 28.0 Å². The largest absolute Gasteiger partial charge is 0.374 e. The van der Waals surface area contributed by atoms with E-state index in [2.05, 4.69) is 42.4 Å². The number of aromatic nitrogens is 2. The van der Waals surface area contributed by atoms with Crippen LogP contribution in [0, 0.1) is 22.7 Å². The van der Waals surface area contributed by atoms with Crippen molar-refractivity contribution in [2.24, 2.45) is 11.3 Å². The summed E-state index contributed by atoms with van der Waals surface area (Å²) < 4.78 is 0.665. The van der Waals surface area contributed by atoms with E-state index in [4.69, 9.17) is 5.73 Å². The van der Waals surface area contributed by atoms with E-state index < -0.39 is 0 Å². The first-order chi connectivity index (χ1) is 12.8. The number of nitrogens with one attached hydrogen (secondary N) is 1. The van der Waals surface area contributed by atoms with Gasteiger partial charge in [0, 0.05) is 4.88 Å². The Morgan fingerprint density at radius 1 is 1.44 bits per heavy atom. The molecular formula is C18H23N5OS3. The Labute approximate surface area is 171 Å². The molecule has 3 rings (SSSR count). The molecule has 0 fully saturated rings. The number of hydrogen-bond acceptors (Lipinski definition) is 8. The minimum absolute atomic E-state index is 0.144. The van der Waals surface area contributed by atoms with E-state index in [0.717, 1.165) is 31.2 Å². The normalized spacial score (nSPS) is 16.6. The van der Waals surface area contributed by atoms with Gasteiger partial charge in [0.25, 0.3) is 0 Å². The molecular weight excluding hydrogens is 398 g/mol. The van der Waals surface area contributed by atoms with Crippen molar-refractivity contribution in [2.45, 2.75) is 50.8 Å². The van der Waals surface area contributed by atoms with E-state index in [9.17, 15) is 10.1 Å². The number of carbonyl (C=O) groups is 1. The van der Waals surface area contributed by atoms with Gasteiger partial charge in [0.2, 0.25) is 11.0 Å². The molecule has 0 saturated carbocycles. The quantitative estimate of drug-likeness (QED) is 0.673. The minimum atomic E-state index is -0.144. The first-order valence-corrected chi connectivity index (χ1v) is 11.5. The summed E-state index contributed by atoms with van der Waals surface area (Å²) >= 11 is 4.12. The van der Waals surface area contributed by atoms with Crippen molar-refractivity contribution in [3.63, 3.8) is 0 Å². The smallest absolute Gasteiger partial charge is 0.235 e. The van der Waals surface area contributed by atoms with Gasteiger partial charge in [0.05, 0.1) is 11.3 Å². The highest BCUT2D eigenvalue weighted by atomic mass is 32.2. The maximum Gasteiger partial charge on any atom is 0.235 e. The molecule has 0 radical (unpaired) electrons. The summed E-state index contributed by atoms with van der Waals surface area (Å²) in [6, 6.07) is 2.31. The molecule has 2 aromatic heterocycles. The fourth-order valence-corrected chi connectivity index (χ4v) is 6.05. The Hall–Kier alpha value is -1.63. The summed E-state index contributed by atoms with van der Waals surface area (Å²) in [5, 5.41) is 21.3. The molecule has 1 amide bonds. The third-order valence-corrected chi connectivity index (χ3v) is 8.45. The molecule has 1 atom stereocenters. The van der Waals surface area contributed by atoms with Gasteiger partial charge in [-0.1, -0.05) is 50.3 Å². The van der Waals surface area contributed by atoms with Crippen LogP contribution in [0.5, 0.6) is 0 Å². The van der Waals surface area contributed by atoms with Crippen LogP contribution in [0.2, 0.25) is 0 Å². The van der Waals surface area contributed by atoms with Gasteiger partial charge in [0.15, 0.2) is 4.34 Å². The van der Waals surface area contributed by atoms with Crippen LogP contribution in [-0.2, 0) is 17.6 Å². The summed E-state index contributed by atoms with van der Waals surface area (Å²) in [5.74, 6) is 0.685. The maximum atomic E-state index is 12.3. The second kappa shape index (κ2) is 8.17. The number of amides is 1. The van der Waals surface area contributed by atoms with Crippen LogP contribution in [-0.4, -0.2) is 21.9 Å². The first-order valence-electron chi connectivity index (χ1n) is 8.90. The molecule has 0 aromatic carbocycles. The Balaban J connectivity index is 1.70. The van der Waals surface area contributed by atoms with Crippen LogP contribution < -0.4 is 11.1 Å². The molecule has 0 aliphatic heterocycles. The van der Waals surface area contributed by atoms with Crippen LogP contribution in [0.3, 0.4) is 0 Å². The van der Waals surface area contributed by atoms with E-state index in [0.29, 0.717) is 26.0 Å². The highest BCUT2D eigenvalue weighted by Gasteiger charge is 2.34. The number of nitrogen functional groups attached to an aromatic ring is 1. The third kappa shape index (κ3) is 4.45. The van der Waals surface area contributed by atoms with Gasteiger partial charge in [-0.3, -0.25) is 4.79 Å². The lowest BCUT2D eigenvalue weighted by molar-refractivity contribution is -0.113. The fraction of sp³-hybridized carbons (Fsp3) is 0.556. The average Bonchev–Trinajstić information content (AvgIpc) is 3.21. The van der Waals surface area contributed by atoms with Crippen molar-refractivity contribution >= 4 is 50.5 Å². The monoisotopic (exact) mass is 421 g/mol. The highest BCUT2D eigenvalue weighted by Crippen LogP contribution is 2.45. The predicted octanol–water partition coefficient (Wildman–Crippen LogP) is 4.33. The number of nitriles is 1. The number of thioether (sulfide) groups is 1. The van der Waals surface area contributed by atoms with Crippen molar-refractivity contribution in [1.29, 1.82) is 5.26 Å². The molecule has 1 aliphatic rings. The predicted molar refractivity (Wildman–Crippen MR) is 112 cm³/mol. The van der Waals surface area contributed by atoms with E-state index in [1.807, 2.05) is 0 Å². The van der Waals surface area contributed by atoms with Crippen LogP contribution >= 0.6 is 34.4 Å². The zero-order chi connectivity index (χ0) is 19.6. The van der Waals surface area contributed by atoms with E-state index in [-0.39, 0.29) is 17.1 Å². The number of rotatable bonds is 6. The third-order valence-electron chi connectivity index (χ3n) is 5.40. The summed E-state index contributed by atoms with van der Waals surface area (Å²) in [6.07, 6.45) is 4.14. The maximum absolute atomic E-state index is 12.3. The summed E-state index contributed by atoms with van der Waals surface area (Å²) in [5.41, 5.74) is 7.61. The number of fused-ring (bicyclic) bond motifs is 1. The van der Waals surface area contributed by atoms with Crippen LogP contribution in [0.1, 0.15) is 49.6 Å². The van der Waals surface area contributed by atoms with Crippen LogP contribution in [0.15, 0.2) is 4.34 Å². The molecule has 1 aliphatic carbocycles. The number of thiophene rings is 1. The van der Waals surface area contributed by atoms with Gasteiger partial charge in [-0.25, -0.2) is 0 Å². The number of anilines is 2. The number of nitrogens with two attached hydrogens (primary N) is 1. The van der Waals surface area contributed by atoms with Gasteiger partial charge in [-0.15, -0.1) is 21.5 Å². The molecule has 2 heterocycles. The molecule has 0 saturated heterocycles. The molecule has 2 aromatic rings. The molecule has 0 bridgehead atoms. The second-order valence-corrected chi connectivity index (χ2v) is 10.7. The average molecular weight is 422 g/mol. The number of nitrogens with zero attached hydrogens (tertiary/aromatic N) is 3. The summed E-state index contributed by atoms with van der Waals surface area (Å²) in [7, 11) is 0. The lowest BCUT2D eigenvalue weighted by Gasteiger charge is -2.36. The highest BCUT2D eigenvalue weighted by molar-refractivity contribution is 8.01. The van der Waals surface area contributed by atoms with Crippen molar-refractivity contribution in [3.05, 3.63) is 16.0 Å². The lowest BCUT2D eigenvalue weighted by Crippen LogP contribution is -2.28. The van der Waals surface area contributed by atoms with Gasteiger partial charge < -0.3 is 11.1 Å². The summed E-state index contributed by atoms with van der Waals surface area (Å²) in [4.78, 5) is 13.6. The van der Waals surface area contributed by atoms with E-state index >= 15 is 0 Å². The molecule has 9 heteroatoms. The lowest BCUT2D eigenvalue weighted by atomic mass is 9.69. The molecule has 1 unspecified atom stereocenters. The standard InChI is InChI=1S/C18H23N5OS3/c1-4-18(2,3)10-5-6-11-12(8-19)15(26-13(11)7-10)21-14(24)9-25-17-23-22-16(20)27-17/h10H,4-7,9H2,1-3H3,(H2,20,22)(H,21,24). The van der Waals surface area contributed by atoms with E-state index in [1.54, 1.807) is 11.3 Å². The Kier molecular flexibility index (Phi) is 6.08. The number of carbonyl (C=O) groups excluding carboxylic acids is 1. The van der Waals surface area contributed by atoms with Gasteiger partial charge in [-0.2, -0.15) is 5.26 Å². The molecule has 3 N–H and O–H groups in total. The Morgan fingerprint density at radius 2 is 2.22 bits per heavy atom. The van der Waals surface area contributed by atoms with Crippen molar-refractivity contribution in [3.8, 4) is 6.07 Å². The van der Waals surface area contributed by atoms with Crippen LogP contribution in [0.25, 0.3) is 0 Å². The van der Waals surface area contributed by atoms with Gasteiger partial charge in [0.1, 0.15) is 11.1 Å². The van der Waals surface area contributed by atoms with Crippen molar-refractivity contribution in [2.75, 3.05) is 16.8 Å². The number of hydrogen-bond donors (Lipinski definition) is 2.